The summed E-state index contributed by atoms with van der Waals surface area (Å²) in [7, 11) is -4.24. The quantitative estimate of drug-likeness (QED) is 0.287. The Morgan fingerprint density at radius 2 is 1.59 bits per heavy atom. The van der Waals surface area contributed by atoms with Gasteiger partial charge in [0.25, 0.3) is 15.9 Å². The molecule has 0 N–H and O–H groups in total. The van der Waals surface area contributed by atoms with Gasteiger partial charge >= 0.3 is 5.97 Å². The summed E-state index contributed by atoms with van der Waals surface area (Å²) in [6, 6.07) is 19.5. The molecule has 7 nitrogen and oxygen atoms in total. The van der Waals surface area contributed by atoms with Crippen LogP contribution < -0.4 is 4.31 Å². The zero-order chi connectivity index (χ0) is 28.2. The summed E-state index contributed by atoms with van der Waals surface area (Å²) in [6.07, 6.45) is 2.84. The molecule has 206 valence electrons. The van der Waals surface area contributed by atoms with Crippen molar-refractivity contribution in [1.29, 1.82) is 0 Å². The van der Waals surface area contributed by atoms with Crippen molar-refractivity contribution in [1.82, 2.24) is 4.90 Å². The smallest absolute Gasteiger partial charge is 0.338 e. The summed E-state index contributed by atoms with van der Waals surface area (Å²) >= 11 is 12.4. The lowest BCUT2D eigenvalue weighted by atomic mass is 9.97. The van der Waals surface area contributed by atoms with Crippen LogP contribution in [0.5, 0.6) is 0 Å². The Balaban J connectivity index is 1.60. The molecule has 0 aromatic heterocycles. The highest BCUT2D eigenvalue weighted by Gasteiger charge is 2.31. The maximum atomic E-state index is 14.0. The van der Waals surface area contributed by atoms with E-state index >= 15 is 0 Å². The van der Waals surface area contributed by atoms with Crippen molar-refractivity contribution in [2.75, 3.05) is 10.9 Å². The largest absolute Gasteiger partial charge is 0.452 e. The number of amides is 1. The molecule has 3 aromatic rings. The number of benzene rings is 3. The Hall–Kier alpha value is -3.07. The molecule has 0 radical (unpaired) electrons. The number of piperidine rings is 1. The fraction of sp³-hybridized carbons (Fsp3) is 0.310. The third kappa shape index (κ3) is 6.75. The molecular formula is C29H30Cl2N2O5S. The average Bonchev–Trinajstić information content (AvgIpc) is 2.91. The van der Waals surface area contributed by atoms with Gasteiger partial charge in [0.1, 0.15) is 4.90 Å². The summed E-state index contributed by atoms with van der Waals surface area (Å²) in [5.74, 6) is -1.09. The molecule has 0 spiro atoms. The van der Waals surface area contributed by atoms with E-state index in [0.717, 1.165) is 24.8 Å². The molecule has 0 unspecified atom stereocenters. The van der Waals surface area contributed by atoms with Gasteiger partial charge in [0.15, 0.2) is 6.61 Å². The molecule has 2 atom stereocenters. The molecular weight excluding hydrogens is 559 g/mol. The fourth-order valence-corrected chi connectivity index (χ4v) is 6.90. The average molecular weight is 590 g/mol. The molecule has 10 heteroatoms. The molecule has 1 saturated heterocycles. The summed E-state index contributed by atoms with van der Waals surface area (Å²) in [5.41, 5.74) is 1.10. The molecule has 0 aliphatic carbocycles. The molecule has 0 saturated carbocycles. The lowest BCUT2D eigenvalue weighted by Crippen LogP contribution is -2.49. The topological polar surface area (TPSA) is 84.0 Å². The summed E-state index contributed by atoms with van der Waals surface area (Å²) in [4.78, 5) is 27.2. The first-order chi connectivity index (χ1) is 18.6. The minimum absolute atomic E-state index is 0.0243. The standard InChI is InChI=1S/C29H30Cl2N2O5S/c1-20-7-6-8-21(2)33(20)28(34)19-38-29(35)23-11-16-26(31)27(17-23)39(36,37)32(18-22-9-4-3-5-10-22)25-14-12-24(30)13-15-25/h3-5,9-17,20-21H,6-8,18-19H2,1-2H3/t20-,21-/m0/s1. The molecule has 1 aliphatic heterocycles. The van der Waals surface area contributed by atoms with Crippen molar-refractivity contribution in [3.05, 3.63) is 94.0 Å². The number of ether oxygens (including phenoxy) is 1. The zero-order valence-corrected chi connectivity index (χ0v) is 24.0. The molecule has 1 aliphatic rings. The highest BCUT2D eigenvalue weighted by molar-refractivity contribution is 7.93. The fourth-order valence-electron chi connectivity index (χ4n) is 4.82. The van der Waals surface area contributed by atoms with Crippen LogP contribution in [0.2, 0.25) is 10.0 Å². The number of likely N-dealkylation sites (tertiary alicyclic amines) is 1. The third-order valence-corrected chi connectivity index (χ3v) is 9.33. The van der Waals surface area contributed by atoms with Gasteiger partial charge in [-0.05, 0) is 81.1 Å². The van der Waals surface area contributed by atoms with E-state index in [9.17, 15) is 18.0 Å². The van der Waals surface area contributed by atoms with Crippen LogP contribution in [-0.4, -0.2) is 43.9 Å². The van der Waals surface area contributed by atoms with Crippen molar-refractivity contribution in [2.24, 2.45) is 0 Å². The first-order valence-electron chi connectivity index (χ1n) is 12.7. The van der Waals surface area contributed by atoms with Crippen molar-refractivity contribution in [3.63, 3.8) is 0 Å². The van der Waals surface area contributed by atoms with Crippen LogP contribution in [-0.2, 0) is 26.1 Å². The molecule has 3 aromatic carbocycles. The number of nitrogens with zero attached hydrogens (tertiary/aromatic N) is 2. The second-order valence-corrected chi connectivity index (χ2v) is 12.3. The van der Waals surface area contributed by atoms with Crippen LogP contribution in [0.25, 0.3) is 0 Å². The highest BCUT2D eigenvalue weighted by Crippen LogP contribution is 2.32. The van der Waals surface area contributed by atoms with Gasteiger partial charge in [-0.3, -0.25) is 9.10 Å². The van der Waals surface area contributed by atoms with Crippen LogP contribution in [0.1, 0.15) is 49.0 Å². The SMILES string of the molecule is C[C@H]1CCC[C@H](C)N1C(=O)COC(=O)c1ccc(Cl)c(S(=O)(=O)N(Cc2ccccc2)c2ccc(Cl)cc2)c1. The normalized spacial score (nSPS) is 17.5. The van der Waals surface area contributed by atoms with Gasteiger partial charge in [0, 0.05) is 17.1 Å². The molecule has 1 heterocycles. The number of hydrogen-bond acceptors (Lipinski definition) is 5. The predicted molar refractivity (Wildman–Crippen MR) is 153 cm³/mol. The second-order valence-electron chi connectivity index (χ2n) is 9.62. The number of anilines is 1. The number of sulfonamides is 1. The van der Waals surface area contributed by atoms with Gasteiger partial charge in [-0.2, -0.15) is 0 Å². The third-order valence-electron chi connectivity index (χ3n) is 6.83. The van der Waals surface area contributed by atoms with Crippen LogP contribution in [0.15, 0.2) is 77.7 Å². The first kappa shape index (κ1) is 28.9. The molecule has 1 fully saturated rings. The van der Waals surface area contributed by atoms with E-state index in [0.29, 0.717) is 10.7 Å². The Kier molecular flexibility index (Phi) is 9.20. The van der Waals surface area contributed by atoms with E-state index in [1.165, 1.54) is 22.5 Å². The van der Waals surface area contributed by atoms with Crippen LogP contribution in [0.3, 0.4) is 0 Å². The van der Waals surface area contributed by atoms with Gasteiger partial charge in [0.2, 0.25) is 0 Å². The zero-order valence-electron chi connectivity index (χ0n) is 21.7. The van der Waals surface area contributed by atoms with Gasteiger partial charge in [-0.25, -0.2) is 13.2 Å². The minimum Gasteiger partial charge on any atom is -0.452 e. The van der Waals surface area contributed by atoms with E-state index in [2.05, 4.69) is 0 Å². The number of carbonyl (C=O) groups excluding carboxylic acids is 2. The summed E-state index contributed by atoms with van der Waals surface area (Å²) < 4.78 is 34.4. The van der Waals surface area contributed by atoms with Gasteiger partial charge in [0.05, 0.1) is 22.8 Å². The van der Waals surface area contributed by atoms with E-state index in [4.69, 9.17) is 27.9 Å². The van der Waals surface area contributed by atoms with Gasteiger partial charge in [-0.1, -0.05) is 53.5 Å². The maximum Gasteiger partial charge on any atom is 0.338 e. The lowest BCUT2D eigenvalue weighted by Gasteiger charge is -2.38. The van der Waals surface area contributed by atoms with Crippen molar-refractivity contribution >= 4 is 50.8 Å². The van der Waals surface area contributed by atoms with E-state index < -0.39 is 22.6 Å². The number of rotatable bonds is 8. The van der Waals surface area contributed by atoms with Crippen LogP contribution >= 0.6 is 23.2 Å². The van der Waals surface area contributed by atoms with E-state index in [1.807, 2.05) is 44.2 Å². The van der Waals surface area contributed by atoms with Gasteiger partial charge in [-0.15, -0.1) is 0 Å². The Labute approximate surface area is 239 Å². The number of carbonyl (C=O) groups is 2. The molecule has 4 rings (SSSR count). The second kappa shape index (κ2) is 12.4. The highest BCUT2D eigenvalue weighted by atomic mass is 35.5. The van der Waals surface area contributed by atoms with Crippen LogP contribution in [0.4, 0.5) is 5.69 Å². The summed E-state index contributed by atoms with van der Waals surface area (Å²) in [5, 5.41) is 0.409. The Bertz CT molecular complexity index is 1420. The monoisotopic (exact) mass is 588 g/mol. The maximum absolute atomic E-state index is 14.0. The minimum atomic E-state index is -4.24. The van der Waals surface area contributed by atoms with E-state index in [-0.39, 0.29) is 40.0 Å². The van der Waals surface area contributed by atoms with Gasteiger partial charge < -0.3 is 9.64 Å². The Morgan fingerprint density at radius 3 is 2.23 bits per heavy atom. The molecule has 1 amide bonds. The van der Waals surface area contributed by atoms with E-state index in [1.54, 1.807) is 29.2 Å². The number of esters is 1. The van der Waals surface area contributed by atoms with Crippen LogP contribution in [0, 0.1) is 0 Å². The van der Waals surface area contributed by atoms with Crippen molar-refractivity contribution in [3.8, 4) is 0 Å². The predicted octanol–water partition coefficient (Wildman–Crippen LogP) is 6.34. The first-order valence-corrected chi connectivity index (χ1v) is 14.9. The van der Waals surface area contributed by atoms with Crippen molar-refractivity contribution in [2.45, 2.75) is 56.6 Å². The Morgan fingerprint density at radius 1 is 0.949 bits per heavy atom. The molecule has 39 heavy (non-hydrogen) atoms. The molecule has 0 bridgehead atoms. The summed E-state index contributed by atoms with van der Waals surface area (Å²) in [6.45, 7) is 3.56. The lowest BCUT2D eigenvalue weighted by molar-refractivity contribution is -0.140. The number of hydrogen-bond donors (Lipinski definition) is 0. The number of halogens is 2. The van der Waals surface area contributed by atoms with Crippen molar-refractivity contribution < 1.29 is 22.7 Å².